The summed E-state index contributed by atoms with van der Waals surface area (Å²) in [6, 6.07) is 9.63. The molecule has 138 valence electrons. The second-order valence-electron chi connectivity index (χ2n) is 7.13. The molecule has 0 amide bonds. The second-order valence-corrected chi connectivity index (χ2v) is 8.66. The predicted octanol–water partition coefficient (Wildman–Crippen LogP) is 3.57. The lowest BCUT2D eigenvalue weighted by atomic mass is 9.99. The largest absolute Gasteiger partial charge is 0.492 e. The summed E-state index contributed by atoms with van der Waals surface area (Å²) in [6.45, 7) is 2.49. The van der Waals surface area contributed by atoms with E-state index in [9.17, 15) is 8.42 Å². The van der Waals surface area contributed by atoms with Crippen molar-refractivity contribution in [3.8, 4) is 22.6 Å². The zero-order chi connectivity index (χ0) is 18.3. The monoisotopic (exact) mass is 373 g/mol. The van der Waals surface area contributed by atoms with E-state index in [2.05, 4.69) is 0 Å². The van der Waals surface area contributed by atoms with Crippen LogP contribution in [0.1, 0.15) is 36.8 Å². The first-order valence-corrected chi connectivity index (χ1v) is 10.6. The van der Waals surface area contributed by atoms with E-state index in [1.54, 1.807) is 6.07 Å². The van der Waals surface area contributed by atoms with Crippen molar-refractivity contribution >= 4 is 10.0 Å². The van der Waals surface area contributed by atoms with Crippen molar-refractivity contribution in [3.63, 3.8) is 0 Å². The zero-order valence-electron chi connectivity index (χ0n) is 14.8. The van der Waals surface area contributed by atoms with Crippen LogP contribution >= 0.6 is 0 Å². The summed E-state index contributed by atoms with van der Waals surface area (Å²) in [5.41, 5.74) is 3.67. The predicted molar refractivity (Wildman–Crippen MR) is 100 cm³/mol. The van der Waals surface area contributed by atoms with Crippen LogP contribution in [-0.2, 0) is 16.4 Å². The van der Waals surface area contributed by atoms with Gasteiger partial charge in [-0.3, -0.25) is 0 Å². The van der Waals surface area contributed by atoms with Gasteiger partial charge in [-0.25, -0.2) is 13.6 Å². The highest BCUT2D eigenvalue weighted by molar-refractivity contribution is 7.89. The fourth-order valence-electron chi connectivity index (χ4n) is 3.80. The molecule has 2 aromatic rings. The van der Waals surface area contributed by atoms with E-state index in [4.69, 9.17) is 14.6 Å². The Morgan fingerprint density at radius 3 is 2.65 bits per heavy atom. The molecule has 2 aliphatic rings. The number of ether oxygens (including phenoxy) is 2. The third-order valence-corrected chi connectivity index (χ3v) is 6.01. The number of nitrogens with two attached hydrogens (primary N) is 1. The van der Waals surface area contributed by atoms with Crippen LogP contribution < -0.4 is 14.6 Å². The van der Waals surface area contributed by atoms with Gasteiger partial charge in [0.1, 0.15) is 16.4 Å². The van der Waals surface area contributed by atoms with Crippen molar-refractivity contribution < 1.29 is 17.9 Å². The Bertz CT molecular complexity index is 947. The van der Waals surface area contributed by atoms with Crippen LogP contribution in [0.2, 0.25) is 0 Å². The highest BCUT2D eigenvalue weighted by Gasteiger charge is 2.26. The molecular weight excluding hydrogens is 350 g/mol. The van der Waals surface area contributed by atoms with E-state index in [1.807, 2.05) is 31.2 Å². The molecule has 26 heavy (non-hydrogen) atoms. The molecule has 1 heterocycles. The zero-order valence-corrected chi connectivity index (χ0v) is 15.6. The second kappa shape index (κ2) is 6.59. The van der Waals surface area contributed by atoms with E-state index in [-0.39, 0.29) is 11.0 Å². The first-order chi connectivity index (χ1) is 12.4. The van der Waals surface area contributed by atoms with Gasteiger partial charge in [0.2, 0.25) is 10.0 Å². The number of benzene rings is 2. The van der Waals surface area contributed by atoms with Crippen molar-refractivity contribution in [3.05, 3.63) is 41.5 Å². The number of primary sulfonamides is 1. The molecule has 5 nitrogen and oxygen atoms in total. The van der Waals surface area contributed by atoms with Crippen LogP contribution in [0.25, 0.3) is 11.1 Å². The summed E-state index contributed by atoms with van der Waals surface area (Å²) < 4.78 is 35.9. The molecule has 4 rings (SSSR count). The van der Waals surface area contributed by atoms with Crippen LogP contribution in [0.5, 0.6) is 11.5 Å². The normalized spacial score (nSPS) is 17.2. The van der Waals surface area contributed by atoms with Crippen molar-refractivity contribution in [2.24, 2.45) is 5.14 Å². The molecule has 2 aromatic carbocycles. The van der Waals surface area contributed by atoms with Crippen LogP contribution in [0, 0.1) is 6.92 Å². The van der Waals surface area contributed by atoms with Gasteiger partial charge in [-0.15, -0.1) is 0 Å². The molecule has 0 spiro atoms. The van der Waals surface area contributed by atoms with Gasteiger partial charge in [0.25, 0.3) is 0 Å². The molecule has 1 aliphatic heterocycles. The molecule has 2 N–H and O–H groups in total. The molecule has 1 saturated carbocycles. The Kier molecular flexibility index (Phi) is 4.40. The van der Waals surface area contributed by atoms with E-state index in [0.717, 1.165) is 40.8 Å². The number of sulfonamides is 1. The standard InChI is InChI=1S/C20H23NO4S/c1-13-6-7-18(25-16-4-2-3-5-16)17(10-13)15-11-14-8-9-24-20(14)19(12-15)26(21,22)23/h6-7,10-12,16H,2-5,8-9H2,1H3,(H2,21,22,23). The van der Waals surface area contributed by atoms with Gasteiger partial charge < -0.3 is 9.47 Å². The topological polar surface area (TPSA) is 78.6 Å². The Morgan fingerprint density at radius 1 is 1.15 bits per heavy atom. The van der Waals surface area contributed by atoms with Gasteiger partial charge in [-0.05, 0) is 68.0 Å². The smallest absolute Gasteiger partial charge is 0.241 e. The third-order valence-electron chi connectivity index (χ3n) is 5.10. The average molecular weight is 373 g/mol. The first kappa shape index (κ1) is 17.4. The summed E-state index contributed by atoms with van der Waals surface area (Å²) in [7, 11) is -3.87. The van der Waals surface area contributed by atoms with Crippen LogP contribution in [0.3, 0.4) is 0 Å². The maximum absolute atomic E-state index is 12.1. The van der Waals surface area contributed by atoms with Gasteiger partial charge in [-0.1, -0.05) is 11.6 Å². The number of fused-ring (bicyclic) bond motifs is 1. The molecule has 0 unspecified atom stereocenters. The minimum Gasteiger partial charge on any atom is -0.492 e. The molecule has 0 bridgehead atoms. The third kappa shape index (κ3) is 3.31. The van der Waals surface area contributed by atoms with E-state index in [1.165, 1.54) is 12.8 Å². The minimum absolute atomic E-state index is 0.0517. The fraction of sp³-hybridized carbons (Fsp3) is 0.400. The van der Waals surface area contributed by atoms with Crippen LogP contribution in [0.4, 0.5) is 0 Å². The molecular formula is C20H23NO4S. The maximum Gasteiger partial charge on any atom is 0.241 e. The molecule has 6 heteroatoms. The molecule has 0 aromatic heterocycles. The van der Waals surface area contributed by atoms with Crippen molar-refractivity contribution in [1.82, 2.24) is 0 Å². The van der Waals surface area contributed by atoms with Crippen molar-refractivity contribution in [1.29, 1.82) is 0 Å². The lowest BCUT2D eigenvalue weighted by molar-refractivity contribution is 0.211. The quantitative estimate of drug-likeness (QED) is 0.889. The molecule has 0 saturated heterocycles. The average Bonchev–Trinajstić information content (AvgIpc) is 3.25. The summed E-state index contributed by atoms with van der Waals surface area (Å²) >= 11 is 0. The maximum atomic E-state index is 12.1. The molecule has 0 atom stereocenters. The first-order valence-electron chi connectivity index (χ1n) is 9.02. The highest BCUT2D eigenvalue weighted by atomic mass is 32.2. The molecule has 1 aliphatic carbocycles. The number of hydrogen-bond acceptors (Lipinski definition) is 4. The van der Waals surface area contributed by atoms with Crippen LogP contribution in [0.15, 0.2) is 35.2 Å². The number of aryl methyl sites for hydroxylation is 1. The fourth-order valence-corrected chi connectivity index (χ4v) is 4.54. The number of hydrogen-bond donors (Lipinski definition) is 1. The molecule has 1 fully saturated rings. The van der Waals surface area contributed by atoms with E-state index >= 15 is 0 Å². The summed E-state index contributed by atoms with van der Waals surface area (Å²) in [5.74, 6) is 1.18. The Labute approximate surface area is 154 Å². The SMILES string of the molecule is Cc1ccc(OC2CCCC2)c(-c2cc3c(c(S(N)(=O)=O)c2)OCC3)c1. The lowest BCUT2D eigenvalue weighted by Gasteiger charge is -2.18. The Morgan fingerprint density at radius 2 is 1.92 bits per heavy atom. The van der Waals surface area contributed by atoms with Gasteiger partial charge >= 0.3 is 0 Å². The minimum atomic E-state index is -3.87. The van der Waals surface area contributed by atoms with Gasteiger partial charge in [-0.2, -0.15) is 0 Å². The van der Waals surface area contributed by atoms with Crippen LogP contribution in [-0.4, -0.2) is 21.1 Å². The van der Waals surface area contributed by atoms with E-state index < -0.39 is 10.0 Å². The summed E-state index contributed by atoms with van der Waals surface area (Å²) in [6.07, 6.45) is 5.42. The highest BCUT2D eigenvalue weighted by Crippen LogP contribution is 2.40. The number of rotatable bonds is 4. The van der Waals surface area contributed by atoms with Gasteiger partial charge in [0, 0.05) is 12.0 Å². The Hall–Kier alpha value is -2.05. The molecule has 0 radical (unpaired) electrons. The Balaban J connectivity index is 1.83. The lowest BCUT2D eigenvalue weighted by Crippen LogP contribution is -2.14. The summed E-state index contributed by atoms with van der Waals surface area (Å²) in [5, 5.41) is 5.44. The van der Waals surface area contributed by atoms with Crippen molar-refractivity contribution in [2.45, 2.75) is 50.0 Å². The van der Waals surface area contributed by atoms with Gasteiger partial charge in [0.15, 0.2) is 0 Å². The van der Waals surface area contributed by atoms with Gasteiger partial charge in [0.05, 0.1) is 12.7 Å². The van der Waals surface area contributed by atoms with Crippen molar-refractivity contribution in [2.75, 3.05) is 6.61 Å². The summed E-state index contributed by atoms with van der Waals surface area (Å²) in [4.78, 5) is 0.0517. The van der Waals surface area contributed by atoms with E-state index in [0.29, 0.717) is 18.8 Å².